The molecule has 48 heavy (non-hydrogen) atoms. The minimum Gasteiger partial charge on any atom is -0.491 e. The summed E-state index contributed by atoms with van der Waals surface area (Å²) < 4.78 is 22.2. The smallest absolute Gasteiger partial charge is 0.246 e. The van der Waals surface area contributed by atoms with Gasteiger partial charge in [-0.15, -0.1) is 0 Å². The van der Waals surface area contributed by atoms with Crippen LogP contribution in [-0.2, 0) is 31.9 Å². The molecule has 0 aromatic heterocycles. The van der Waals surface area contributed by atoms with Crippen molar-refractivity contribution in [1.29, 1.82) is 0 Å². The van der Waals surface area contributed by atoms with E-state index in [2.05, 4.69) is 13.8 Å². The lowest BCUT2D eigenvalue weighted by Crippen LogP contribution is -2.66. The highest BCUT2D eigenvalue weighted by Crippen LogP contribution is 2.27. The van der Waals surface area contributed by atoms with E-state index in [0.29, 0.717) is 39.1 Å². The number of hydrogen-bond donors (Lipinski definition) is 0. The average Bonchev–Trinajstić information content (AvgIpc) is 4.04. The Morgan fingerprint density at radius 2 is 0.917 bits per heavy atom. The van der Waals surface area contributed by atoms with Gasteiger partial charge >= 0.3 is 0 Å². The number of amides is 2. The van der Waals surface area contributed by atoms with Crippen molar-refractivity contribution < 1.29 is 28.5 Å². The fourth-order valence-corrected chi connectivity index (χ4v) is 6.61. The van der Waals surface area contributed by atoms with Gasteiger partial charge in [-0.3, -0.25) is 9.59 Å². The Labute approximate surface area is 288 Å². The molecule has 0 radical (unpaired) electrons. The highest BCUT2D eigenvalue weighted by molar-refractivity contribution is 5.97. The Kier molecular flexibility index (Phi) is 14.5. The number of rotatable bonds is 24. The second-order valence-electron chi connectivity index (χ2n) is 13.9. The van der Waals surface area contributed by atoms with Crippen molar-refractivity contribution in [2.24, 2.45) is 0 Å². The minimum absolute atomic E-state index is 0.0785. The van der Waals surface area contributed by atoms with Crippen molar-refractivity contribution in [2.45, 2.75) is 128 Å². The third-order valence-corrected chi connectivity index (χ3v) is 9.78. The molecule has 0 N–H and O–H groups in total. The van der Waals surface area contributed by atoms with Crippen LogP contribution in [0.2, 0.25) is 0 Å². The lowest BCUT2D eigenvalue weighted by Gasteiger charge is -2.45. The number of benzene rings is 2. The van der Waals surface area contributed by atoms with Crippen LogP contribution in [0.15, 0.2) is 48.5 Å². The van der Waals surface area contributed by atoms with E-state index in [-0.39, 0.29) is 24.0 Å². The quantitative estimate of drug-likeness (QED) is 0.0877. The lowest BCUT2D eigenvalue weighted by molar-refractivity contribution is -0.162. The molecule has 3 heterocycles. The summed E-state index contributed by atoms with van der Waals surface area (Å²) in [5, 5.41) is 0. The molecule has 0 saturated carbocycles. The normalized spacial score (nSPS) is 21.9. The van der Waals surface area contributed by atoms with Gasteiger partial charge in [0.1, 0.15) is 49.0 Å². The first-order valence-electron chi connectivity index (χ1n) is 18.8. The molecule has 3 aliphatic rings. The minimum atomic E-state index is -0.503. The van der Waals surface area contributed by atoms with Gasteiger partial charge in [0.25, 0.3) is 0 Å². The van der Waals surface area contributed by atoms with Crippen LogP contribution in [0.5, 0.6) is 11.5 Å². The van der Waals surface area contributed by atoms with E-state index < -0.39 is 12.1 Å². The summed E-state index contributed by atoms with van der Waals surface area (Å²) in [4.78, 5) is 32.9. The van der Waals surface area contributed by atoms with Crippen molar-refractivity contribution in [3.8, 4) is 11.5 Å². The van der Waals surface area contributed by atoms with Crippen LogP contribution in [0.25, 0.3) is 0 Å². The van der Waals surface area contributed by atoms with Crippen LogP contribution >= 0.6 is 0 Å². The van der Waals surface area contributed by atoms with Gasteiger partial charge in [0.05, 0.1) is 13.2 Å². The number of hydrogen-bond acceptors (Lipinski definition) is 6. The molecule has 8 nitrogen and oxygen atoms in total. The number of epoxide rings is 2. The van der Waals surface area contributed by atoms with E-state index in [0.717, 1.165) is 74.4 Å². The summed E-state index contributed by atoms with van der Waals surface area (Å²) in [6, 6.07) is 15.0. The van der Waals surface area contributed by atoms with Gasteiger partial charge in [-0.25, -0.2) is 0 Å². The zero-order chi connectivity index (χ0) is 33.6. The van der Waals surface area contributed by atoms with Crippen LogP contribution in [-0.4, -0.2) is 85.4 Å². The molecular weight excluding hydrogens is 604 g/mol. The van der Waals surface area contributed by atoms with Crippen LogP contribution in [0.1, 0.15) is 102 Å². The summed E-state index contributed by atoms with van der Waals surface area (Å²) >= 11 is 0. The molecule has 3 aliphatic heterocycles. The molecule has 264 valence electrons. The van der Waals surface area contributed by atoms with E-state index in [1.54, 1.807) is 0 Å². The zero-order valence-corrected chi connectivity index (χ0v) is 29.4. The van der Waals surface area contributed by atoms with Gasteiger partial charge < -0.3 is 28.7 Å². The summed E-state index contributed by atoms with van der Waals surface area (Å²) in [6.45, 7) is 8.31. The van der Waals surface area contributed by atoms with Crippen LogP contribution in [0.4, 0.5) is 0 Å². The summed E-state index contributed by atoms with van der Waals surface area (Å²) in [6.07, 6.45) is 15.0. The summed E-state index contributed by atoms with van der Waals surface area (Å²) in [5.74, 6) is 1.75. The molecular formula is C40H58N2O6. The van der Waals surface area contributed by atoms with Crippen molar-refractivity contribution in [1.82, 2.24) is 9.80 Å². The fraction of sp³-hybridized carbons (Fsp3) is 0.650. The maximum Gasteiger partial charge on any atom is 0.246 e. The predicted octanol–water partition coefficient (Wildman–Crippen LogP) is 7.16. The summed E-state index contributed by atoms with van der Waals surface area (Å²) in [7, 11) is 0. The fourth-order valence-electron chi connectivity index (χ4n) is 6.61. The molecule has 2 aromatic rings. The molecule has 3 saturated heterocycles. The van der Waals surface area contributed by atoms with Gasteiger partial charge in [-0.1, -0.05) is 102 Å². The number of ether oxygens (including phenoxy) is 4. The topological polar surface area (TPSA) is 84.1 Å². The van der Waals surface area contributed by atoms with E-state index >= 15 is 0 Å². The molecule has 0 bridgehead atoms. The maximum absolute atomic E-state index is 14.5. The van der Waals surface area contributed by atoms with Crippen molar-refractivity contribution >= 4 is 11.8 Å². The molecule has 0 aliphatic carbocycles. The van der Waals surface area contributed by atoms with Crippen LogP contribution in [0, 0.1) is 0 Å². The van der Waals surface area contributed by atoms with E-state index in [4.69, 9.17) is 18.9 Å². The van der Waals surface area contributed by atoms with Gasteiger partial charge in [-0.2, -0.15) is 0 Å². The molecule has 2 aromatic carbocycles. The van der Waals surface area contributed by atoms with Gasteiger partial charge in [-0.05, 0) is 48.2 Å². The summed E-state index contributed by atoms with van der Waals surface area (Å²) in [5.41, 5.74) is 2.07. The Morgan fingerprint density at radius 1 is 0.562 bits per heavy atom. The van der Waals surface area contributed by atoms with Crippen molar-refractivity contribution in [3.63, 3.8) is 0 Å². The lowest BCUT2D eigenvalue weighted by atomic mass is 9.93. The van der Waals surface area contributed by atoms with Crippen molar-refractivity contribution in [3.05, 3.63) is 59.7 Å². The van der Waals surface area contributed by atoms with Crippen LogP contribution < -0.4 is 9.47 Å². The highest BCUT2D eigenvalue weighted by Gasteiger charge is 2.45. The third-order valence-electron chi connectivity index (χ3n) is 9.78. The molecule has 2 amide bonds. The SMILES string of the molecule is CCCCCCCCN1C(=O)[C@H](Cc2ccc(OCC3CO3)cc2)N(CCCCCCCC)C(=O)[C@H]1Cc1ccc(OCC2CO2)cc1. The largest absolute Gasteiger partial charge is 0.491 e. The maximum atomic E-state index is 14.5. The highest BCUT2D eigenvalue weighted by atomic mass is 16.6. The Morgan fingerprint density at radius 3 is 1.27 bits per heavy atom. The van der Waals surface area contributed by atoms with E-state index in [1.165, 1.54) is 38.5 Å². The molecule has 5 rings (SSSR count). The number of unbranched alkanes of at least 4 members (excludes halogenated alkanes) is 10. The second-order valence-corrected chi connectivity index (χ2v) is 13.9. The second kappa shape index (κ2) is 19.2. The monoisotopic (exact) mass is 662 g/mol. The third kappa shape index (κ3) is 11.5. The Bertz CT molecular complexity index is 1150. The number of piperazine rings is 1. The number of carbonyl (C=O) groups excluding carboxylic acids is 2. The molecule has 3 fully saturated rings. The average molecular weight is 663 g/mol. The molecule has 0 spiro atoms. The first-order chi connectivity index (χ1) is 23.6. The first kappa shape index (κ1) is 36.2. The molecule has 2 unspecified atom stereocenters. The number of nitrogens with zero attached hydrogens (tertiary/aromatic N) is 2. The van der Waals surface area contributed by atoms with Crippen LogP contribution in [0.3, 0.4) is 0 Å². The van der Waals surface area contributed by atoms with Gasteiger partial charge in [0.15, 0.2) is 0 Å². The molecule has 4 atom stereocenters. The van der Waals surface area contributed by atoms with Gasteiger partial charge in [0, 0.05) is 25.9 Å². The van der Waals surface area contributed by atoms with Gasteiger partial charge in [0.2, 0.25) is 11.8 Å². The predicted molar refractivity (Wildman–Crippen MR) is 189 cm³/mol. The number of carbonyl (C=O) groups is 2. The van der Waals surface area contributed by atoms with E-state index in [9.17, 15) is 9.59 Å². The standard InChI is InChI=1S/C40H58N2O6/c1-3-5-7-9-11-13-23-41-37(25-31-15-19-33(20-16-31)45-27-35-29-47-35)40(44)42(24-14-12-10-8-6-4-2)38(39(41)43)26-32-17-21-34(22-18-32)46-28-36-30-48-36/h15-22,35-38H,3-14,23-30H2,1-2H3/t35?,36?,37-,38+. The first-order valence-corrected chi connectivity index (χ1v) is 18.8. The van der Waals surface area contributed by atoms with Crippen molar-refractivity contribution in [2.75, 3.05) is 39.5 Å². The zero-order valence-electron chi connectivity index (χ0n) is 29.4. The molecule has 8 heteroatoms. The Balaban J connectivity index is 1.31. The Hall–Kier alpha value is -3.10. The van der Waals surface area contributed by atoms with E-state index in [1.807, 2.05) is 58.3 Å².